The minimum Gasteiger partial charge on any atom is -0.362 e. The van der Waals surface area contributed by atoms with Crippen molar-refractivity contribution in [2.75, 3.05) is 0 Å². The van der Waals surface area contributed by atoms with Crippen LogP contribution in [-0.4, -0.2) is 26.1 Å². The molecule has 5 nitrogen and oxygen atoms in total. The van der Waals surface area contributed by atoms with E-state index in [0.717, 1.165) is 22.5 Å². The Morgan fingerprint density at radius 3 is 2.79 bits per heavy atom. The molecule has 24 heavy (non-hydrogen) atoms. The van der Waals surface area contributed by atoms with Gasteiger partial charge >= 0.3 is 0 Å². The number of H-pyrrole nitrogens is 1. The smallest absolute Gasteiger partial charge is 0.285 e. The summed E-state index contributed by atoms with van der Waals surface area (Å²) in [5.74, 6) is -0.952. The number of thioether (sulfide) groups is 1. The van der Waals surface area contributed by atoms with Crippen molar-refractivity contribution >= 4 is 69.4 Å². The van der Waals surface area contributed by atoms with E-state index in [9.17, 15) is 9.59 Å². The molecule has 2 aromatic rings. The summed E-state index contributed by atoms with van der Waals surface area (Å²) in [7, 11) is 0. The van der Waals surface area contributed by atoms with Crippen molar-refractivity contribution in [3.8, 4) is 0 Å². The van der Waals surface area contributed by atoms with Crippen LogP contribution in [0.3, 0.4) is 0 Å². The predicted molar refractivity (Wildman–Crippen MR) is 99.7 cm³/mol. The first-order valence-corrected chi connectivity index (χ1v) is 8.61. The summed E-state index contributed by atoms with van der Waals surface area (Å²) in [4.78, 5) is 28.1. The summed E-state index contributed by atoms with van der Waals surface area (Å²) in [5.41, 5.74) is 3.43. The van der Waals surface area contributed by atoms with Crippen LogP contribution in [0.25, 0.3) is 6.08 Å². The van der Waals surface area contributed by atoms with E-state index in [-0.39, 0.29) is 14.9 Å². The fourth-order valence-electron chi connectivity index (χ4n) is 1.97. The highest BCUT2D eigenvalue weighted by molar-refractivity contribution is 8.26. The number of hydrazine groups is 1. The Labute approximate surface area is 157 Å². The molecule has 122 valence electrons. The van der Waals surface area contributed by atoms with E-state index in [2.05, 4.69) is 10.4 Å². The van der Waals surface area contributed by atoms with Gasteiger partial charge in [-0.25, -0.2) is 0 Å². The summed E-state index contributed by atoms with van der Waals surface area (Å²) in [6.07, 6.45) is 3.41. The van der Waals surface area contributed by atoms with Gasteiger partial charge in [-0.3, -0.25) is 15.0 Å². The first-order valence-electron chi connectivity index (χ1n) is 6.63. The largest absolute Gasteiger partial charge is 0.362 e. The van der Waals surface area contributed by atoms with E-state index in [4.69, 9.17) is 35.4 Å². The van der Waals surface area contributed by atoms with Crippen LogP contribution in [0.15, 0.2) is 41.4 Å². The molecule has 0 aliphatic carbocycles. The zero-order valence-corrected chi connectivity index (χ0v) is 15.0. The van der Waals surface area contributed by atoms with Gasteiger partial charge in [0.15, 0.2) is 4.32 Å². The van der Waals surface area contributed by atoms with Crippen molar-refractivity contribution in [2.45, 2.75) is 0 Å². The lowest BCUT2D eigenvalue weighted by atomic mass is 10.2. The average Bonchev–Trinajstić information content (AvgIpc) is 3.11. The van der Waals surface area contributed by atoms with Gasteiger partial charge in [-0.2, -0.15) is 5.01 Å². The Hall–Kier alpha value is -1.80. The fourth-order valence-corrected chi connectivity index (χ4v) is 3.64. The van der Waals surface area contributed by atoms with E-state index in [1.807, 2.05) is 12.1 Å². The molecular formula is C15H9Cl2N3O2S2. The van der Waals surface area contributed by atoms with Crippen LogP contribution in [0.2, 0.25) is 10.0 Å². The maximum Gasteiger partial charge on any atom is 0.285 e. The molecule has 3 rings (SSSR count). The number of nitrogens with zero attached hydrogens (tertiary/aromatic N) is 1. The number of carbonyl (C=O) groups excluding carboxylic acids is 2. The quantitative estimate of drug-likeness (QED) is 0.609. The summed E-state index contributed by atoms with van der Waals surface area (Å²) in [6, 6.07) is 8.10. The molecule has 0 radical (unpaired) electrons. The van der Waals surface area contributed by atoms with Gasteiger partial charge in [0.1, 0.15) is 0 Å². The third kappa shape index (κ3) is 3.49. The van der Waals surface area contributed by atoms with Gasteiger partial charge in [-0.05, 0) is 48.6 Å². The summed E-state index contributed by atoms with van der Waals surface area (Å²) in [5, 5.41) is 1.63. The molecule has 1 aliphatic heterocycles. The second-order valence-electron chi connectivity index (χ2n) is 4.71. The van der Waals surface area contributed by atoms with Crippen LogP contribution in [0, 0.1) is 0 Å². The number of carbonyl (C=O) groups is 2. The van der Waals surface area contributed by atoms with E-state index in [1.54, 1.807) is 12.3 Å². The predicted octanol–water partition coefficient (Wildman–Crippen LogP) is 3.87. The molecule has 2 N–H and O–H groups in total. The molecule has 1 saturated heterocycles. The second kappa shape index (κ2) is 6.98. The number of hydrogen-bond donors (Lipinski definition) is 2. The van der Waals surface area contributed by atoms with Crippen molar-refractivity contribution in [2.24, 2.45) is 0 Å². The standard InChI is InChI=1S/C15H9Cl2N3O2S2/c16-8-3-4-10(11(17)6-8)13(21)19-20-14(22)12(24-15(20)23)7-9-2-1-5-18-9/h1-7,18H,(H,19,21)/b12-7-. The molecule has 1 aromatic carbocycles. The molecule has 0 spiro atoms. The molecule has 1 fully saturated rings. The lowest BCUT2D eigenvalue weighted by Crippen LogP contribution is -2.44. The molecule has 0 bridgehead atoms. The zero-order chi connectivity index (χ0) is 17.3. The molecule has 2 heterocycles. The Morgan fingerprint density at radius 2 is 2.12 bits per heavy atom. The number of rotatable bonds is 3. The first-order chi connectivity index (χ1) is 11.5. The lowest BCUT2D eigenvalue weighted by molar-refractivity contribution is -0.123. The Bertz CT molecular complexity index is 866. The molecular weight excluding hydrogens is 389 g/mol. The summed E-state index contributed by atoms with van der Waals surface area (Å²) >= 11 is 18.1. The van der Waals surface area contributed by atoms with E-state index >= 15 is 0 Å². The number of aromatic amines is 1. The topological polar surface area (TPSA) is 65.2 Å². The van der Waals surface area contributed by atoms with Crippen LogP contribution in [-0.2, 0) is 4.79 Å². The van der Waals surface area contributed by atoms with Crippen molar-refractivity contribution in [1.82, 2.24) is 15.4 Å². The van der Waals surface area contributed by atoms with Crippen LogP contribution >= 0.6 is 47.2 Å². The maximum atomic E-state index is 12.4. The van der Waals surface area contributed by atoms with Gasteiger partial charge < -0.3 is 4.98 Å². The monoisotopic (exact) mass is 397 g/mol. The molecule has 0 unspecified atom stereocenters. The molecule has 2 amide bonds. The highest BCUT2D eigenvalue weighted by Gasteiger charge is 2.34. The number of thiocarbonyl (C=S) groups is 1. The lowest BCUT2D eigenvalue weighted by Gasteiger charge is -2.16. The third-order valence-electron chi connectivity index (χ3n) is 3.09. The summed E-state index contributed by atoms with van der Waals surface area (Å²) in [6.45, 7) is 0. The number of hydrogen-bond acceptors (Lipinski definition) is 4. The van der Waals surface area contributed by atoms with Gasteiger partial charge in [0.25, 0.3) is 11.8 Å². The molecule has 9 heteroatoms. The number of aromatic nitrogens is 1. The van der Waals surface area contributed by atoms with E-state index in [1.165, 1.54) is 18.2 Å². The number of amides is 2. The number of halogens is 2. The van der Waals surface area contributed by atoms with Crippen LogP contribution in [0.5, 0.6) is 0 Å². The fraction of sp³-hybridized carbons (Fsp3) is 0. The molecule has 1 aliphatic rings. The van der Waals surface area contributed by atoms with Gasteiger partial charge in [0, 0.05) is 16.9 Å². The van der Waals surface area contributed by atoms with Gasteiger partial charge in [-0.1, -0.05) is 35.0 Å². The summed E-state index contributed by atoms with van der Waals surface area (Å²) < 4.78 is 0.233. The van der Waals surface area contributed by atoms with Crippen molar-refractivity contribution in [3.63, 3.8) is 0 Å². The average molecular weight is 398 g/mol. The third-order valence-corrected chi connectivity index (χ3v) is 4.94. The van der Waals surface area contributed by atoms with Gasteiger partial charge in [-0.15, -0.1) is 0 Å². The zero-order valence-electron chi connectivity index (χ0n) is 11.9. The van der Waals surface area contributed by atoms with Crippen LogP contribution in [0.1, 0.15) is 16.1 Å². The Morgan fingerprint density at radius 1 is 1.33 bits per heavy atom. The second-order valence-corrected chi connectivity index (χ2v) is 7.23. The minimum absolute atomic E-state index is 0.187. The van der Waals surface area contributed by atoms with Crippen molar-refractivity contribution in [1.29, 1.82) is 0 Å². The van der Waals surface area contributed by atoms with Gasteiger partial charge in [0.2, 0.25) is 0 Å². The van der Waals surface area contributed by atoms with Gasteiger partial charge in [0.05, 0.1) is 15.5 Å². The molecule has 0 saturated carbocycles. The first kappa shape index (κ1) is 17.0. The van der Waals surface area contributed by atoms with Crippen molar-refractivity contribution in [3.05, 3.63) is 62.7 Å². The van der Waals surface area contributed by atoms with E-state index < -0.39 is 11.8 Å². The van der Waals surface area contributed by atoms with Crippen molar-refractivity contribution < 1.29 is 9.59 Å². The Balaban J connectivity index is 1.79. The molecule has 1 aromatic heterocycles. The van der Waals surface area contributed by atoms with Crippen LogP contribution < -0.4 is 5.43 Å². The minimum atomic E-state index is -0.547. The maximum absolute atomic E-state index is 12.4. The number of nitrogens with one attached hydrogen (secondary N) is 2. The van der Waals surface area contributed by atoms with Crippen LogP contribution in [0.4, 0.5) is 0 Å². The Kier molecular flexibility index (Phi) is 4.96. The highest BCUT2D eigenvalue weighted by atomic mass is 35.5. The normalized spacial score (nSPS) is 16.1. The highest BCUT2D eigenvalue weighted by Crippen LogP contribution is 2.31. The molecule has 0 atom stereocenters. The van der Waals surface area contributed by atoms with E-state index in [0.29, 0.717) is 9.93 Å². The SMILES string of the molecule is O=C(NN1C(=O)/C(=C/c2ccc[nH]2)SC1=S)c1ccc(Cl)cc1Cl. The number of benzene rings is 1.